The Hall–Kier alpha value is -2.29. The largest absolute Gasteiger partial charge is 0.361 e. The summed E-state index contributed by atoms with van der Waals surface area (Å²) in [5.41, 5.74) is 5.17. The standard InChI is InChI=1S/C21H24N2O/c1-15(22-13-11-17-7-3-5-9-19(17)22)21(24)16(2)23-14-12-18-8-4-6-10-20(18)23/h3-10,15-16H,11-14H2,1-2H3. The molecule has 124 valence electrons. The lowest BCUT2D eigenvalue weighted by atomic mass is 10.0. The second-order valence-corrected chi connectivity index (χ2v) is 6.90. The maximum atomic E-state index is 13.2. The normalized spacial score (nSPS) is 18.2. The van der Waals surface area contributed by atoms with Crippen molar-refractivity contribution in [2.24, 2.45) is 0 Å². The molecule has 2 heterocycles. The van der Waals surface area contributed by atoms with Crippen LogP contribution in [0.1, 0.15) is 25.0 Å². The highest BCUT2D eigenvalue weighted by molar-refractivity contribution is 5.94. The lowest BCUT2D eigenvalue weighted by molar-refractivity contribution is -0.120. The number of carbonyl (C=O) groups excluding carboxylic acids is 1. The molecule has 4 rings (SSSR count). The van der Waals surface area contributed by atoms with Crippen LogP contribution >= 0.6 is 0 Å². The number of fused-ring (bicyclic) bond motifs is 2. The molecule has 0 aromatic heterocycles. The minimum absolute atomic E-state index is 0.0867. The highest BCUT2D eigenvalue weighted by atomic mass is 16.1. The topological polar surface area (TPSA) is 23.6 Å². The summed E-state index contributed by atoms with van der Waals surface area (Å²) in [5.74, 6) is 0.309. The maximum absolute atomic E-state index is 13.2. The fourth-order valence-electron chi connectivity index (χ4n) is 4.19. The molecule has 3 heteroatoms. The molecule has 24 heavy (non-hydrogen) atoms. The van der Waals surface area contributed by atoms with Crippen molar-refractivity contribution < 1.29 is 4.79 Å². The van der Waals surface area contributed by atoms with E-state index < -0.39 is 0 Å². The average Bonchev–Trinajstić information content (AvgIpc) is 3.24. The Morgan fingerprint density at radius 2 is 1.21 bits per heavy atom. The van der Waals surface area contributed by atoms with Gasteiger partial charge in [0.05, 0.1) is 12.1 Å². The molecule has 0 amide bonds. The molecular weight excluding hydrogens is 296 g/mol. The van der Waals surface area contributed by atoms with Gasteiger partial charge < -0.3 is 9.80 Å². The monoisotopic (exact) mass is 320 g/mol. The van der Waals surface area contributed by atoms with Gasteiger partial charge in [-0.3, -0.25) is 4.79 Å². The maximum Gasteiger partial charge on any atom is 0.176 e. The summed E-state index contributed by atoms with van der Waals surface area (Å²) in [4.78, 5) is 17.7. The zero-order valence-electron chi connectivity index (χ0n) is 14.4. The molecule has 2 aliphatic heterocycles. The zero-order valence-corrected chi connectivity index (χ0v) is 14.4. The number of rotatable bonds is 4. The van der Waals surface area contributed by atoms with Crippen molar-refractivity contribution >= 4 is 17.2 Å². The van der Waals surface area contributed by atoms with Crippen LogP contribution in [-0.2, 0) is 17.6 Å². The van der Waals surface area contributed by atoms with Crippen LogP contribution in [0.2, 0.25) is 0 Å². The first-order valence-corrected chi connectivity index (χ1v) is 8.89. The first kappa shape index (κ1) is 15.3. The first-order chi connectivity index (χ1) is 11.7. The second kappa shape index (κ2) is 5.97. The van der Waals surface area contributed by atoms with Gasteiger partial charge in [-0.1, -0.05) is 36.4 Å². The third-order valence-corrected chi connectivity index (χ3v) is 5.60. The first-order valence-electron chi connectivity index (χ1n) is 8.89. The van der Waals surface area contributed by atoms with Crippen molar-refractivity contribution in [3.05, 3.63) is 59.7 Å². The Balaban J connectivity index is 1.54. The van der Waals surface area contributed by atoms with E-state index in [1.54, 1.807) is 0 Å². The Morgan fingerprint density at radius 3 is 1.67 bits per heavy atom. The molecule has 0 saturated heterocycles. The van der Waals surface area contributed by atoms with Crippen molar-refractivity contribution in [2.75, 3.05) is 22.9 Å². The van der Waals surface area contributed by atoms with Gasteiger partial charge in [0.15, 0.2) is 5.78 Å². The summed E-state index contributed by atoms with van der Waals surface area (Å²) in [6.07, 6.45) is 2.07. The predicted octanol–water partition coefficient (Wildman–Crippen LogP) is 3.46. The van der Waals surface area contributed by atoms with E-state index >= 15 is 0 Å². The van der Waals surface area contributed by atoms with Gasteiger partial charge in [0, 0.05) is 24.5 Å². The third kappa shape index (κ3) is 2.39. The number of anilines is 2. The molecule has 0 spiro atoms. The Morgan fingerprint density at radius 1 is 0.792 bits per heavy atom. The molecule has 0 saturated carbocycles. The quantitative estimate of drug-likeness (QED) is 0.862. The summed E-state index contributed by atoms with van der Waals surface area (Å²) in [6, 6.07) is 16.7. The second-order valence-electron chi connectivity index (χ2n) is 6.90. The number of hydrogen-bond donors (Lipinski definition) is 0. The average molecular weight is 320 g/mol. The number of carbonyl (C=O) groups is 1. The van der Waals surface area contributed by atoms with E-state index in [-0.39, 0.29) is 12.1 Å². The minimum Gasteiger partial charge on any atom is -0.361 e. The van der Waals surface area contributed by atoms with Crippen molar-refractivity contribution in [1.29, 1.82) is 0 Å². The van der Waals surface area contributed by atoms with Crippen molar-refractivity contribution in [2.45, 2.75) is 38.8 Å². The van der Waals surface area contributed by atoms with Gasteiger partial charge in [-0.25, -0.2) is 0 Å². The highest BCUT2D eigenvalue weighted by Crippen LogP contribution is 2.32. The van der Waals surface area contributed by atoms with Crippen LogP contribution in [0.25, 0.3) is 0 Å². The van der Waals surface area contributed by atoms with Crippen molar-refractivity contribution in [3.8, 4) is 0 Å². The summed E-state index contributed by atoms with van der Waals surface area (Å²) < 4.78 is 0. The summed E-state index contributed by atoms with van der Waals surface area (Å²) in [6.45, 7) is 6.00. The van der Waals surface area contributed by atoms with E-state index in [9.17, 15) is 4.79 Å². The number of hydrogen-bond acceptors (Lipinski definition) is 3. The molecule has 2 atom stereocenters. The third-order valence-electron chi connectivity index (χ3n) is 5.60. The van der Waals surface area contributed by atoms with Crippen LogP contribution in [0.3, 0.4) is 0 Å². The number of benzene rings is 2. The lowest BCUT2D eigenvalue weighted by Gasteiger charge is -2.33. The molecule has 3 nitrogen and oxygen atoms in total. The van der Waals surface area contributed by atoms with Crippen LogP contribution in [0.5, 0.6) is 0 Å². The van der Waals surface area contributed by atoms with Gasteiger partial charge in [0.25, 0.3) is 0 Å². The van der Waals surface area contributed by atoms with Gasteiger partial charge in [-0.15, -0.1) is 0 Å². The van der Waals surface area contributed by atoms with E-state index in [1.165, 1.54) is 22.5 Å². The number of ketones is 1. The van der Waals surface area contributed by atoms with Crippen LogP contribution in [-0.4, -0.2) is 31.0 Å². The van der Waals surface area contributed by atoms with Gasteiger partial charge in [0.1, 0.15) is 0 Å². The zero-order chi connectivity index (χ0) is 16.7. The number of nitrogens with zero attached hydrogens (tertiary/aromatic N) is 2. The fraction of sp³-hybridized carbons (Fsp3) is 0.381. The Kier molecular flexibility index (Phi) is 3.79. The van der Waals surface area contributed by atoms with E-state index in [0.29, 0.717) is 5.78 Å². The smallest absolute Gasteiger partial charge is 0.176 e. The molecule has 2 unspecified atom stereocenters. The predicted molar refractivity (Wildman–Crippen MR) is 98.9 cm³/mol. The molecule has 0 N–H and O–H groups in total. The molecule has 2 aliphatic rings. The lowest BCUT2D eigenvalue weighted by Crippen LogP contribution is -2.48. The van der Waals surface area contributed by atoms with Gasteiger partial charge in [-0.05, 0) is 49.9 Å². The summed E-state index contributed by atoms with van der Waals surface area (Å²) in [7, 11) is 0. The summed E-state index contributed by atoms with van der Waals surface area (Å²) in [5, 5.41) is 0. The fourth-order valence-corrected chi connectivity index (χ4v) is 4.19. The van der Waals surface area contributed by atoms with Crippen molar-refractivity contribution in [1.82, 2.24) is 0 Å². The van der Waals surface area contributed by atoms with E-state index in [0.717, 1.165) is 25.9 Å². The van der Waals surface area contributed by atoms with Crippen LogP contribution < -0.4 is 9.80 Å². The molecular formula is C21H24N2O. The Bertz CT molecular complexity index is 706. The molecule has 2 aromatic rings. The molecule has 0 fully saturated rings. The van der Waals surface area contributed by atoms with Gasteiger partial charge in [0.2, 0.25) is 0 Å². The van der Waals surface area contributed by atoms with E-state index in [1.807, 2.05) is 0 Å². The van der Waals surface area contributed by atoms with E-state index in [4.69, 9.17) is 0 Å². The minimum atomic E-state index is -0.0867. The number of Topliss-reactive ketones (excluding diaryl/α,β-unsaturated/α-hetero) is 1. The SMILES string of the molecule is CC(C(=O)C(C)N1CCc2ccccc21)N1CCc2ccccc21. The number of para-hydroxylation sites is 2. The molecule has 0 aliphatic carbocycles. The molecule has 0 radical (unpaired) electrons. The Labute approximate surface area is 143 Å². The van der Waals surface area contributed by atoms with Crippen LogP contribution in [0.15, 0.2) is 48.5 Å². The van der Waals surface area contributed by atoms with Gasteiger partial charge >= 0.3 is 0 Å². The summed E-state index contributed by atoms with van der Waals surface area (Å²) >= 11 is 0. The van der Waals surface area contributed by atoms with E-state index in [2.05, 4.69) is 72.2 Å². The highest BCUT2D eigenvalue weighted by Gasteiger charge is 2.34. The van der Waals surface area contributed by atoms with Gasteiger partial charge in [-0.2, -0.15) is 0 Å². The van der Waals surface area contributed by atoms with Crippen LogP contribution in [0, 0.1) is 0 Å². The molecule has 0 bridgehead atoms. The van der Waals surface area contributed by atoms with Crippen LogP contribution in [0.4, 0.5) is 11.4 Å². The molecule has 2 aromatic carbocycles. The van der Waals surface area contributed by atoms with Crippen molar-refractivity contribution in [3.63, 3.8) is 0 Å².